The van der Waals surface area contributed by atoms with Gasteiger partial charge >= 0.3 is 0 Å². The van der Waals surface area contributed by atoms with Crippen molar-refractivity contribution in [2.24, 2.45) is 0 Å². The fourth-order valence-corrected chi connectivity index (χ4v) is 4.20. The van der Waals surface area contributed by atoms with Crippen molar-refractivity contribution in [2.75, 3.05) is 7.11 Å². The van der Waals surface area contributed by atoms with Crippen LogP contribution in [0, 0.1) is 0 Å². The van der Waals surface area contributed by atoms with E-state index in [1.807, 2.05) is 0 Å². The highest BCUT2D eigenvalue weighted by Crippen LogP contribution is 2.27. The number of sulfonamides is 1. The minimum Gasteiger partial charge on any atom is -0.496 e. The normalized spacial score (nSPS) is 11.5. The molecular formula is C18H22BrNO3S. The van der Waals surface area contributed by atoms with Crippen molar-refractivity contribution in [3.8, 4) is 5.75 Å². The molecule has 24 heavy (non-hydrogen) atoms. The molecule has 130 valence electrons. The van der Waals surface area contributed by atoms with E-state index in [0.29, 0.717) is 10.2 Å². The quantitative estimate of drug-likeness (QED) is 0.746. The van der Waals surface area contributed by atoms with Crippen molar-refractivity contribution in [2.45, 2.75) is 38.1 Å². The number of hydrogen-bond acceptors (Lipinski definition) is 3. The van der Waals surface area contributed by atoms with Crippen molar-refractivity contribution in [3.05, 3.63) is 57.6 Å². The maximum atomic E-state index is 12.5. The maximum absolute atomic E-state index is 12.5. The van der Waals surface area contributed by atoms with E-state index in [-0.39, 0.29) is 11.4 Å². The van der Waals surface area contributed by atoms with E-state index in [9.17, 15) is 8.42 Å². The van der Waals surface area contributed by atoms with Crippen molar-refractivity contribution < 1.29 is 13.2 Å². The van der Waals surface area contributed by atoms with Gasteiger partial charge in [0, 0.05) is 6.54 Å². The van der Waals surface area contributed by atoms with E-state index in [1.165, 1.54) is 11.6 Å². The molecule has 2 aromatic carbocycles. The van der Waals surface area contributed by atoms with Crippen LogP contribution in [-0.2, 0) is 29.4 Å². The molecule has 2 aromatic rings. The lowest BCUT2D eigenvalue weighted by Gasteiger charge is -2.12. The second-order valence-corrected chi connectivity index (χ2v) is 8.05. The second kappa shape index (κ2) is 8.14. The van der Waals surface area contributed by atoms with Crippen LogP contribution in [0.2, 0.25) is 0 Å². The van der Waals surface area contributed by atoms with Gasteiger partial charge in [-0.25, -0.2) is 13.1 Å². The minimum atomic E-state index is -3.59. The van der Waals surface area contributed by atoms with Crippen molar-refractivity contribution >= 4 is 26.0 Å². The lowest BCUT2D eigenvalue weighted by Crippen LogP contribution is -2.24. The van der Waals surface area contributed by atoms with Crippen LogP contribution in [0.15, 0.2) is 45.8 Å². The molecule has 0 aliphatic rings. The van der Waals surface area contributed by atoms with Crippen molar-refractivity contribution in [3.63, 3.8) is 0 Å². The van der Waals surface area contributed by atoms with Crippen LogP contribution in [0.1, 0.15) is 30.5 Å². The van der Waals surface area contributed by atoms with Gasteiger partial charge in [-0.2, -0.15) is 0 Å². The van der Waals surface area contributed by atoms with Crippen molar-refractivity contribution in [1.29, 1.82) is 0 Å². The molecular weight excluding hydrogens is 390 g/mol. The molecule has 6 heteroatoms. The Morgan fingerprint density at radius 2 is 1.79 bits per heavy atom. The number of benzene rings is 2. The number of methoxy groups -OCH3 is 1. The topological polar surface area (TPSA) is 55.4 Å². The van der Waals surface area contributed by atoms with Crippen LogP contribution in [0.4, 0.5) is 0 Å². The summed E-state index contributed by atoms with van der Waals surface area (Å²) in [6, 6.07) is 11.0. The Kier molecular flexibility index (Phi) is 6.43. The molecule has 0 aliphatic carbocycles. The highest BCUT2D eigenvalue weighted by atomic mass is 79.9. The standard InChI is InChI=1S/C18H22BrNO3S/c1-4-13-6-7-14(5-2)15(10-13)12-20-24(21,22)16-8-9-18(23-3)17(19)11-16/h6-11,20H,4-5,12H2,1-3H3. The van der Waals surface area contributed by atoms with Gasteiger partial charge in [0.25, 0.3) is 0 Å². The molecule has 4 nitrogen and oxygen atoms in total. The van der Waals surface area contributed by atoms with Gasteiger partial charge in [0.2, 0.25) is 10.0 Å². The lowest BCUT2D eigenvalue weighted by molar-refractivity contribution is 0.411. The Labute approximate surface area is 152 Å². The summed E-state index contributed by atoms with van der Waals surface area (Å²) in [6.07, 6.45) is 1.80. The van der Waals surface area contributed by atoms with Crippen LogP contribution in [0.25, 0.3) is 0 Å². The van der Waals surface area contributed by atoms with E-state index in [1.54, 1.807) is 19.2 Å². The largest absolute Gasteiger partial charge is 0.496 e. The van der Waals surface area contributed by atoms with Crippen LogP contribution >= 0.6 is 15.9 Å². The number of ether oxygens (including phenoxy) is 1. The molecule has 2 rings (SSSR count). The van der Waals surface area contributed by atoms with Gasteiger partial charge in [-0.05, 0) is 63.7 Å². The van der Waals surface area contributed by atoms with Crippen LogP contribution in [-0.4, -0.2) is 15.5 Å². The van der Waals surface area contributed by atoms with Crippen molar-refractivity contribution in [1.82, 2.24) is 4.72 Å². The third kappa shape index (κ3) is 4.37. The fourth-order valence-electron chi connectivity index (χ4n) is 2.48. The zero-order valence-electron chi connectivity index (χ0n) is 14.1. The van der Waals surface area contributed by atoms with E-state index >= 15 is 0 Å². The Bertz CT molecular complexity index is 819. The molecule has 0 fully saturated rings. The summed E-state index contributed by atoms with van der Waals surface area (Å²) in [4.78, 5) is 0.208. The van der Waals surface area contributed by atoms with Crippen LogP contribution in [0.5, 0.6) is 5.75 Å². The molecule has 0 unspecified atom stereocenters. The third-order valence-electron chi connectivity index (χ3n) is 3.95. The predicted octanol–water partition coefficient (Wildman–Crippen LogP) is 4.06. The molecule has 0 bridgehead atoms. The average Bonchev–Trinajstić information content (AvgIpc) is 2.59. The summed E-state index contributed by atoms with van der Waals surface area (Å²) in [7, 11) is -2.04. The summed E-state index contributed by atoms with van der Waals surface area (Å²) in [5.74, 6) is 0.595. The number of halogens is 1. The van der Waals surface area contributed by atoms with Crippen LogP contribution in [0.3, 0.4) is 0 Å². The Morgan fingerprint density at radius 1 is 1.04 bits per heavy atom. The van der Waals surface area contributed by atoms with E-state index in [2.05, 4.69) is 52.7 Å². The summed E-state index contributed by atoms with van der Waals surface area (Å²) in [5, 5.41) is 0. The molecule has 0 radical (unpaired) electrons. The number of hydrogen-bond donors (Lipinski definition) is 1. The molecule has 0 saturated heterocycles. The lowest BCUT2D eigenvalue weighted by atomic mass is 10.0. The Balaban J connectivity index is 2.23. The first-order valence-electron chi connectivity index (χ1n) is 7.85. The average molecular weight is 412 g/mol. The molecule has 0 saturated carbocycles. The van der Waals surface area contributed by atoms with Crippen LogP contribution < -0.4 is 9.46 Å². The summed E-state index contributed by atoms with van der Waals surface area (Å²) in [6.45, 7) is 4.44. The first kappa shape index (κ1) is 19.0. The molecule has 0 amide bonds. The van der Waals surface area contributed by atoms with E-state index in [0.717, 1.165) is 24.0 Å². The number of rotatable bonds is 7. The zero-order chi connectivity index (χ0) is 17.7. The molecule has 0 aromatic heterocycles. The van der Waals surface area contributed by atoms with Gasteiger partial charge in [-0.3, -0.25) is 0 Å². The fraction of sp³-hybridized carbons (Fsp3) is 0.333. The van der Waals surface area contributed by atoms with E-state index in [4.69, 9.17) is 4.74 Å². The number of nitrogens with one attached hydrogen (secondary N) is 1. The first-order chi connectivity index (χ1) is 11.4. The van der Waals surface area contributed by atoms with Gasteiger partial charge in [0.05, 0.1) is 16.5 Å². The number of aryl methyl sites for hydroxylation is 2. The Morgan fingerprint density at radius 3 is 2.38 bits per heavy atom. The smallest absolute Gasteiger partial charge is 0.240 e. The third-order valence-corrected chi connectivity index (χ3v) is 5.96. The van der Waals surface area contributed by atoms with Gasteiger partial charge in [-0.15, -0.1) is 0 Å². The molecule has 0 aliphatic heterocycles. The second-order valence-electron chi connectivity index (χ2n) is 5.43. The molecule has 1 N–H and O–H groups in total. The molecule has 0 atom stereocenters. The summed E-state index contributed by atoms with van der Waals surface area (Å²) < 4.78 is 33.5. The SMILES string of the molecule is CCc1ccc(CC)c(CNS(=O)(=O)c2ccc(OC)c(Br)c2)c1. The van der Waals surface area contributed by atoms with Gasteiger partial charge in [-0.1, -0.05) is 32.0 Å². The van der Waals surface area contributed by atoms with Gasteiger partial charge < -0.3 is 4.74 Å². The van der Waals surface area contributed by atoms with Gasteiger partial charge in [0.1, 0.15) is 5.75 Å². The summed E-state index contributed by atoms with van der Waals surface area (Å²) >= 11 is 3.32. The summed E-state index contributed by atoms with van der Waals surface area (Å²) in [5.41, 5.74) is 3.38. The zero-order valence-corrected chi connectivity index (χ0v) is 16.5. The van der Waals surface area contributed by atoms with Gasteiger partial charge in [0.15, 0.2) is 0 Å². The molecule has 0 heterocycles. The predicted molar refractivity (Wildman–Crippen MR) is 99.9 cm³/mol. The first-order valence-corrected chi connectivity index (χ1v) is 10.1. The monoisotopic (exact) mass is 411 g/mol. The molecule has 0 spiro atoms. The minimum absolute atomic E-state index is 0.208. The Hall–Kier alpha value is -1.37. The maximum Gasteiger partial charge on any atom is 0.240 e. The van der Waals surface area contributed by atoms with E-state index < -0.39 is 10.0 Å². The highest BCUT2D eigenvalue weighted by Gasteiger charge is 2.16. The highest BCUT2D eigenvalue weighted by molar-refractivity contribution is 9.10.